The van der Waals surface area contributed by atoms with E-state index in [1.54, 1.807) is 31.1 Å². The number of halogens is 2. The predicted octanol–water partition coefficient (Wildman–Crippen LogP) is 3.48. The van der Waals surface area contributed by atoms with Crippen molar-refractivity contribution in [3.05, 3.63) is 65.7 Å². The van der Waals surface area contributed by atoms with Crippen LogP contribution in [0.3, 0.4) is 0 Å². The second-order valence-electron chi connectivity index (χ2n) is 6.60. The lowest BCUT2D eigenvalue weighted by atomic mass is 10.2. The number of nitrogens with one attached hydrogen (secondary N) is 1. The van der Waals surface area contributed by atoms with Gasteiger partial charge in [0.1, 0.15) is 5.75 Å². The van der Waals surface area contributed by atoms with Gasteiger partial charge in [0, 0.05) is 40.2 Å². The zero-order chi connectivity index (χ0) is 21.2. The van der Waals surface area contributed by atoms with Gasteiger partial charge < -0.3 is 19.9 Å². The number of alkyl halides is 2. The number of nitrogens with zero attached hydrogens (tertiary/aromatic N) is 2. The summed E-state index contributed by atoms with van der Waals surface area (Å²) in [6.07, 6.45) is 0.161. The van der Waals surface area contributed by atoms with Gasteiger partial charge in [-0.05, 0) is 23.3 Å². The van der Waals surface area contributed by atoms with Crippen molar-refractivity contribution in [2.45, 2.75) is 26.1 Å². The third-order valence-corrected chi connectivity index (χ3v) is 4.22. The van der Waals surface area contributed by atoms with Crippen LogP contribution in [0.1, 0.15) is 17.5 Å². The van der Waals surface area contributed by atoms with Crippen LogP contribution >= 0.6 is 0 Å². The Morgan fingerprint density at radius 3 is 2.14 bits per heavy atom. The zero-order valence-corrected chi connectivity index (χ0v) is 16.5. The average Bonchev–Trinajstić information content (AvgIpc) is 2.69. The number of hydrogen-bond acceptors (Lipinski definition) is 3. The summed E-state index contributed by atoms with van der Waals surface area (Å²) < 4.78 is 28.6. The van der Waals surface area contributed by atoms with E-state index in [-0.39, 0.29) is 30.7 Å². The van der Waals surface area contributed by atoms with Crippen molar-refractivity contribution < 1.29 is 23.1 Å². The fourth-order valence-electron chi connectivity index (χ4n) is 2.67. The van der Waals surface area contributed by atoms with Gasteiger partial charge in [0.2, 0.25) is 5.91 Å². The normalized spacial score (nSPS) is 10.5. The molecule has 2 aromatic rings. The van der Waals surface area contributed by atoms with Crippen LogP contribution in [0, 0.1) is 0 Å². The van der Waals surface area contributed by atoms with E-state index < -0.39 is 6.61 Å². The number of ether oxygens (including phenoxy) is 1. The Kier molecular flexibility index (Phi) is 8.39. The first kappa shape index (κ1) is 22.1. The highest BCUT2D eigenvalue weighted by atomic mass is 19.3. The Hall–Kier alpha value is -3.16. The minimum atomic E-state index is -2.87. The van der Waals surface area contributed by atoms with Crippen molar-refractivity contribution in [3.63, 3.8) is 0 Å². The Labute approximate surface area is 169 Å². The fourth-order valence-corrected chi connectivity index (χ4v) is 2.67. The molecule has 0 bridgehead atoms. The smallest absolute Gasteiger partial charge is 0.387 e. The van der Waals surface area contributed by atoms with Crippen molar-refractivity contribution in [1.29, 1.82) is 0 Å². The number of amides is 3. The van der Waals surface area contributed by atoms with Crippen molar-refractivity contribution in [3.8, 4) is 5.75 Å². The molecular formula is C21H25F2N3O3. The van der Waals surface area contributed by atoms with E-state index in [0.717, 1.165) is 11.1 Å². The molecule has 0 spiro atoms. The van der Waals surface area contributed by atoms with Crippen molar-refractivity contribution in [2.24, 2.45) is 0 Å². The summed E-state index contributed by atoms with van der Waals surface area (Å²) in [6, 6.07) is 15.5. The van der Waals surface area contributed by atoms with Crippen molar-refractivity contribution in [2.75, 3.05) is 20.6 Å². The molecule has 0 aliphatic carbocycles. The highest BCUT2D eigenvalue weighted by molar-refractivity contribution is 5.78. The molecule has 0 radical (unpaired) electrons. The molecule has 156 valence electrons. The number of carbonyl (C=O) groups is 2. The van der Waals surface area contributed by atoms with E-state index in [1.165, 1.54) is 17.0 Å². The summed E-state index contributed by atoms with van der Waals surface area (Å²) in [6.45, 7) is -1.84. The topological polar surface area (TPSA) is 61.9 Å². The lowest BCUT2D eigenvalue weighted by Gasteiger charge is -2.20. The Balaban J connectivity index is 1.71. The first-order chi connectivity index (χ1) is 13.8. The van der Waals surface area contributed by atoms with E-state index in [0.29, 0.717) is 13.1 Å². The summed E-state index contributed by atoms with van der Waals surface area (Å²) in [5.41, 5.74) is 1.81. The van der Waals surface area contributed by atoms with Crippen LogP contribution in [0.2, 0.25) is 0 Å². The van der Waals surface area contributed by atoms with Crippen LogP contribution in [0.5, 0.6) is 5.75 Å². The molecule has 1 N–H and O–H groups in total. The largest absolute Gasteiger partial charge is 0.435 e. The van der Waals surface area contributed by atoms with Crippen molar-refractivity contribution >= 4 is 11.9 Å². The maximum absolute atomic E-state index is 12.2. The fraction of sp³-hybridized carbons (Fsp3) is 0.333. The van der Waals surface area contributed by atoms with Crippen LogP contribution in [0.15, 0.2) is 54.6 Å². The maximum atomic E-state index is 12.2. The summed E-state index contributed by atoms with van der Waals surface area (Å²) >= 11 is 0. The molecule has 0 saturated heterocycles. The van der Waals surface area contributed by atoms with Gasteiger partial charge >= 0.3 is 12.6 Å². The SMILES string of the molecule is CN(Cc1ccc(OC(F)F)cc1)C(=O)CCNC(=O)N(C)Cc1ccccc1. The van der Waals surface area contributed by atoms with Crippen LogP contribution in [-0.2, 0) is 17.9 Å². The lowest BCUT2D eigenvalue weighted by Crippen LogP contribution is -2.39. The Bertz CT molecular complexity index is 786. The minimum Gasteiger partial charge on any atom is -0.435 e. The van der Waals surface area contributed by atoms with Gasteiger partial charge in [-0.1, -0.05) is 42.5 Å². The summed E-state index contributed by atoms with van der Waals surface area (Å²) in [4.78, 5) is 27.4. The van der Waals surface area contributed by atoms with Crippen LogP contribution < -0.4 is 10.1 Å². The van der Waals surface area contributed by atoms with Gasteiger partial charge in [0.15, 0.2) is 0 Å². The standard InChI is InChI=1S/C21H25F2N3O3/c1-25(14-17-8-10-18(11-9-17)29-20(22)23)19(27)12-13-24-21(28)26(2)15-16-6-4-3-5-7-16/h3-11,20H,12-15H2,1-2H3,(H,24,28). The molecule has 0 aromatic heterocycles. The molecule has 0 aliphatic heterocycles. The van der Waals surface area contributed by atoms with Gasteiger partial charge in [-0.3, -0.25) is 4.79 Å². The van der Waals surface area contributed by atoms with E-state index in [9.17, 15) is 18.4 Å². The van der Waals surface area contributed by atoms with Gasteiger partial charge in [0.25, 0.3) is 0 Å². The average molecular weight is 405 g/mol. The quantitative estimate of drug-likeness (QED) is 0.695. The first-order valence-corrected chi connectivity index (χ1v) is 9.15. The second kappa shape index (κ2) is 11.0. The molecule has 29 heavy (non-hydrogen) atoms. The van der Waals surface area contributed by atoms with Crippen LogP contribution in [-0.4, -0.2) is 49.0 Å². The lowest BCUT2D eigenvalue weighted by molar-refractivity contribution is -0.130. The van der Waals surface area contributed by atoms with Crippen LogP contribution in [0.25, 0.3) is 0 Å². The van der Waals surface area contributed by atoms with Crippen LogP contribution in [0.4, 0.5) is 13.6 Å². The molecular weight excluding hydrogens is 380 g/mol. The van der Waals surface area contributed by atoms with E-state index in [2.05, 4.69) is 10.1 Å². The molecule has 0 aliphatic rings. The molecule has 0 unspecified atom stereocenters. The van der Waals surface area contributed by atoms with E-state index >= 15 is 0 Å². The van der Waals surface area contributed by atoms with Gasteiger partial charge in [-0.15, -0.1) is 0 Å². The first-order valence-electron chi connectivity index (χ1n) is 9.15. The summed E-state index contributed by atoms with van der Waals surface area (Å²) in [5.74, 6) is -0.0658. The molecule has 0 atom stereocenters. The zero-order valence-electron chi connectivity index (χ0n) is 16.5. The van der Waals surface area contributed by atoms with E-state index in [1.807, 2.05) is 30.3 Å². The molecule has 2 rings (SSSR count). The highest BCUT2D eigenvalue weighted by Gasteiger charge is 2.12. The van der Waals surface area contributed by atoms with E-state index in [4.69, 9.17) is 0 Å². The minimum absolute atomic E-state index is 0.0695. The molecule has 0 fully saturated rings. The van der Waals surface area contributed by atoms with Gasteiger partial charge in [-0.25, -0.2) is 4.79 Å². The number of rotatable bonds is 9. The molecule has 0 saturated carbocycles. The molecule has 8 heteroatoms. The molecule has 0 heterocycles. The monoisotopic (exact) mass is 405 g/mol. The highest BCUT2D eigenvalue weighted by Crippen LogP contribution is 2.16. The van der Waals surface area contributed by atoms with Gasteiger partial charge in [-0.2, -0.15) is 8.78 Å². The summed E-state index contributed by atoms with van der Waals surface area (Å²) in [5, 5.41) is 2.73. The second-order valence-corrected chi connectivity index (χ2v) is 6.60. The Morgan fingerprint density at radius 1 is 0.931 bits per heavy atom. The predicted molar refractivity (Wildman–Crippen MR) is 105 cm³/mol. The van der Waals surface area contributed by atoms with Crippen molar-refractivity contribution in [1.82, 2.24) is 15.1 Å². The number of carbonyl (C=O) groups excluding carboxylic acids is 2. The molecule has 6 nitrogen and oxygen atoms in total. The summed E-state index contributed by atoms with van der Waals surface area (Å²) in [7, 11) is 3.34. The third-order valence-electron chi connectivity index (χ3n) is 4.22. The maximum Gasteiger partial charge on any atom is 0.387 e. The number of benzene rings is 2. The Morgan fingerprint density at radius 2 is 1.52 bits per heavy atom. The number of urea groups is 1. The van der Waals surface area contributed by atoms with Gasteiger partial charge in [0.05, 0.1) is 0 Å². The number of hydrogen-bond donors (Lipinski definition) is 1. The molecule has 3 amide bonds. The third kappa shape index (κ3) is 7.77. The molecule has 2 aromatic carbocycles.